The van der Waals surface area contributed by atoms with Gasteiger partial charge in [-0.25, -0.2) is 0 Å². The van der Waals surface area contributed by atoms with E-state index in [0.717, 1.165) is 18.4 Å². The molecule has 3 fully saturated rings. The van der Waals surface area contributed by atoms with Crippen molar-refractivity contribution in [3.05, 3.63) is 61.2 Å². The van der Waals surface area contributed by atoms with E-state index < -0.39 is 35.6 Å². The number of hydrogen-bond donors (Lipinski definition) is 1. The quantitative estimate of drug-likeness (QED) is 0.358. The molecule has 1 N–H and O–H groups in total. The summed E-state index contributed by atoms with van der Waals surface area (Å²) in [6.45, 7) is 15.0. The van der Waals surface area contributed by atoms with E-state index in [1.54, 1.807) is 26.9 Å². The molecule has 40 heavy (non-hydrogen) atoms. The maximum absolute atomic E-state index is 14.4. The van der Waals surface area contributed by atoms with Crippen molar-refractivity contribution in [2.24, 2.45) is 17.8 Å². The number of hydrogen-bond acceptors (Lipinski definition) is 5. The van der Waals surface area contributed by atoms with Crippen LogP contribution in [0.2, 0.25) is 0 Å². The van der Waals surface area contributed by atoms with Crippen LogP contribution < -0.4 is 0 Å². The second kappa shape index (κ2) is 12.7. The van der Waals surface area contributed by atoms with Crippen LogP contribution in [-0.4, -0.2) is 87.6 Å². The van der Waals surface area contributed by atoms with Crippen molar-refractivity contribution in [1.29, 1.82) is 0 Å². The Labute approximate surface area is 238 Å². The Bertz CT molecular complexity index is 1090. The molecule has 6 atom stereocenters. The zero-order chi connectivity index (χ0) is 29.0. The van der Waals surface area contributed by atoms with Crippen LogP contribution in [0.5, 0.6) is 0 Å². The summed E-state index contributed by atoms with van der Waals surface area (Å²) >= 11 is 0. The molecule has 2 bridgehead atoms. The van der Waals surface area contributed by atoms with Crippen molar-refractivity contribution in [1.82, 2.24) is 14.7 Å². The first kappa shape index (κ1) is 30.0. The molecule has 3 amide bonds. The van der Waals surface area contributed by atoms with E-state index in [9.17, 15) is 19.5 Å². The molecule has 0 radical (unpaired) electrons. The molecule has 1 aromatic carbocycles. The zero-order valence-corrected chi connectivity index (χ0v) is 24.2. The number of carbonyl (C=O) groups is 3. The van der Waals surface area contributed by atoms with E-state index >= 15 is 0 Å². The normalized spacial score (nSPS) is 27.5. The third-order valence-electron chi connectivity index (χ3n) is 8.89. The number of aliphatic hydroxyl groups excluding tert-OH is 1. The van der Waals surface area contributed by atoms with Gasteiger partial charge in [-0.15, -0.1) is 13.2 Å². The molecule has 218 valence electrons. The Balaban J connectivity index is 1.74. The summed E-state index contributed by atoms with van der Waals surface area (Å²) in [5.74, 6) is -2.17. The van der Waals surface area contributed by atoms with Gasteiger partial charge in [0.15, 0.2) is 0 Å². The molecular formula is C32H45N3O5. The third kappa shape index (κ3) is 5.23. The number of benzene rings is 1. The Morgan fingerprint density at radius 2 is 1.82 bits per heavy atom. The average molecular weight is 552 g/mol. The molecule has 2 unspecified atom stereocenters. The average Bonchev–Trinajstić information content (AvgIpc) is 3.58. The van der Waals surface area contributed by atoms with Crippen LogP contribution in [0.3, 0.4) is 0 Å². The Hall–Kier alpha value is -2.97. The summed E-state index contributed by atoms with van der Waals surface area (Å²) in [6.07, 6.45) is 5.84. The van der Waals surface area contributed by atoms with E-state index in [1.165, 1.54) is 0 Å². The largest absolute Gasteiger partial charge is 0.394 e. The predicted octanol–water partition coefficient (Wildman–Crippen LogP) is 3.41. The third-order valence-corrected chi connectivity index (χ3v) is 8.89. The lowest BCUT2D eigenvalue weighted by Gasteiger charge is -2.40. The van der Waals surface area contributed by atoms with Gasteiger partial charge in [-0.1, -0.05) is 69.7 Å². The molecule has 3 aliphatic heterocycles. The lowest BCUT2D eigenvalue weighted by Crippen LogP contribution is -2.59. The highest BCUT2D eigenvalue weighted by Crippen LogP contribution is 2.59. The second-order valence-electron chi connectivity index (χ2n) is 11.7. The van der Waals surface area contributed by atoms with Crippen molar-refractivity contribution in [2.75, 3.05) is 26.2 Å². The first-order valence-electron chi connectivity index (χ1n) is 14.7. The maximum Gasteiger partial charge on any atom is 0.248 e. The molecule has 0 saturated carbocycles. The van der Waals surface area contributed by atoms with Gasteiger partial charge in [0.05, 0.1) is 30.6 Å². The first-order chi connectivity index (χ1) is 19.2. The number of fused-ring (bicyclic) bond motifs is 1. The highest BCUT2D eigenvalue weighted by molar-refractivity contribution is 5.99. The van der Waals surface area contributed by atoms with E-state index in [1.807, 2.05) is 44.2 Å². The summed E-state index contributed by atoms with van der Waals surface area (Å²) in [5.41, 5.74) is -0.111. The molecular weight excluding hydrogens is 506 g/mol. The van der Waals surface area contributed by atoms with Crippen LogP contribution in [0.4, 0.5) is 0 Å². The standard InChI is InChI=1S/C32H45N3O5/c1-6-9-19-33(17-7-2)31(39)28-32-16-15-25(40-32)26(27(32)30(38)35(28)24(21-36)22(4)5)29(37)34(18-8-3)20-23-13-11-10-12-14-23/h7-8,10-14,22,24-28,36H,2-3,6,9,15-21H2,1,4-5H3/t24-,25-,26+,27-,28?,32?/m0/s1. The van der Waals surface area contributed by atoms with E-state index in [0.29, 0.717) is 39.0 Å². The molecule has 3 aliphatic rings. The van der Waals surface area contributed by atoms with Crippen LogP contribution >= 0.6 is 0 Å². The lowest BCUT2D eigenvalue weighted by molar-refractivity contribution is -0.153. The van der Waals surface area contributed by atoms with Gasteiger partial charge in [-0.3, -0.25) is 14.4 Å². The summed E-state index contributed by atoms with van der Waals surface area (Å²) in [6, 6.07) is 8.28. The minimum atomic E-state index is -1.10. The molecule has 8 heteroatoms. The number of ether oxygens (including phenoxy) is 1. The van der Waals surface area contributed by atoms with Gasteiger partial charge in [0.25, 0.3) is 0 Å². The zero-order valence-electron chi connectivity index (χ0n) is 24.2. The van der Waals surface area contributed by atoms with Gasteiger partial charge in [0.1, 0.15) is 11.6 Å². The summed E-state index contributed by atoms with van der Waals surface area (Å²) < 4.78 is 6.65. The molecule has 3 saturated heterocycles. The number of rotatable bonds is 14. The van der Waals surface area contributed by atoms with Crippen LogP contribution in [0.15, 0.2) is 55.6 Å². The molecule has 4 rings (SSSR count). The van der Waals surface area contributed by atoms with Gasteiger partial charge >= 0.3 is 0 Å². The van der Waals surface area contributed by atoms with Crippen LogP contribution in [-0.2, 0) is 25.7 Å². The number of nitrogens with zero attached hydrogens (tertiary/aromatic N) is 3. The minimum Gasteiger partial charge on any atom is -0.394 e. The van der Waals surface area contributed by atoms with Crippen LogP contribution in [0.1, 0.15) is 52.0 Å². The highest BCUT2D eigenvalue weighted by Gasteiger charge is 2.75. The fourth-order valence-electron chi connectivity index (χ4n) is 7.00. The van der Waals surface area contributed by atoms with Crippen LogP contribution in [0.25, 0.3) is 0 Å². The highest BCUT2D eigenvalue weighted by atomic mass is 16.5. The van der Waals surface area contributed by atoms with Gasteiger partial charge in [-0.2, -0.15) is 0 Å². The van der Waals surface area contributed by atoms with Crippen molar-refractivity contribution < 1.29 is 24.2 Å². The smallest absolute Gasteiger partial charge is 0.248 e. The Morgan fingerprint density at radius 1 is 1.15 bits per heavy atom. The minimum absolute atomic E-state index is 0.0929. The molecule has 0 aliphatic carbocycles. The summed E-state index contributed by atoms with van der Waals surface area (Å²) in [7, 11) is 0. The van der Waals surface area contributed by atoms with Gasteiger partial charge < -0.3 is 24.5 Å². The van der Waals surface area contributed by atoms with Crippen LogP contribution in [0, 0.1) is 17.8 Å². The molecule has 8 nitrogen and oxygen atoms in total. The fraction of sp³-hybridized carbons (Fsp3) is 0.594. The Kier molecular flexibility index (Phi) is 9.52. The van der Waals surface area contributed by atoms with E-state index in [2.05, 4.69) is 20.1 Å². The number of carbonyl (C=O) groups excluding carboxylic acids is 3. The predicted molar refractivity (Wildman–Crippen MR) is 154 cm³/mol. The number of amides is 3. The number of unbranched alkanes of at least 4 members (excludes halogenated alkanes) is 1. The molecule has 1 spiro atoms. The van der Waals surface area contributed by atoms with Crippen molar-refractivity contribution in [3.8, 4) is 0 Å². The second-order valence-corrected chi connectivity index (χ2v) is 11.7. The Morgan fingerprint density at radius 3 is 2.42 bits per heavy atom. The lowest BCUT2D eigenvalue weighted by atomic mass is 9.70. The topological polar surface area (TPSA) is 90.4 Å². The van der Waals surface area contributed by atoms with E-state index in [4.69, 9.17) is 4.74 Å². The molecule has 1 aromatic rings. The van der Waals surface area contributed by atoms with Gasteiger partial charge in [0.2, 0.25) is 17.7 Å². The molecule has 0 aromatic heterocycles. The van der Waals surface area contributed by atoms with E-state index in [-0.39, 0.29) is 30.2 Å². The maximum atomic E-state index is 14.4. The summed E-state index contributed by atoms with van der Waals surface area (Å²) in [4.78, 5) is 48.0. The van der Waals surface area contributed by atoms with Crippen molar-refractivity contribution in [3.63, 3.8) is 0 Å². The first-order valence-corrected chi connectivity index (χ1v) is 14.7. The monoisotopic (exact) mass is 551 g/mol. The molecule has 3 heterocycles. The number of aliphatic hydroxyl groups is 1. The summed E-state index contributed by atoms with van der Waals surface area (Å²) in [5, 5.41) is 10.4. The SMILES string of the molecule is C=CCN(CCCC)C(=O)C1N([C@@H](CO)C(C)C)C(=O)[C@@H]2[C@H](C(=O)N(CC=C)Cc3ccccc3)[C@@H]3CCC12O3. The van der Waals surface area contributed by atoms with Gasteiger partial charge in [0, 0.05) is 26.2 Å². The van der Waals surface area contributed by atoms with Crippen molar-refractivity contribution >= 4 is 17.7 Å². The fourth-order valence-corrected chi connectivity index (χ4v) is 7.00. The number of likely N-dealkylation sites (tertiary alicyclic amines) is 1. The van der Waals surface area contributed by atoms with Crippen molar-refractivity contribution in [2.45, 2.75) is 76.8 Å². The van der Waals surface area contributed by atoms with Gasteiger partial charge in [-0.05, 0) is 30.7 Å².